The van der Waals surface area contributed by atoms with E-state index in [0.29, 0.717) is 30.6 Å². The van der Waals surface area contributed by atoms with Crippen LogP contribution in [0.15, 0.2) is 72.1 Å². The van der Waals surface area contributed by atoms with Gasteiger partial charge in [0.25, 0.3) is 15.9 Å². The van der Waals surface area contributed by atoms with Crippen LogP contribution in [0.2, 0.25) is 0 Å². The fourth-order valence-electron chi connectivity index (χ4n) is 3.76. The number of anilines is 1. The first-order valence-electron chi connectivity index (χ1n) is 10.4. The molecule has 0 spiro atoms. The number of aryl methyl sites for hydroxylation is 1. The lowest BCUT2D eigenvalue weighted by Crippen LogP contribution is -2.40. The van der Waals surface area contributed by atoms with Crippen LogP contribution in [0.5, 0.6) is 0 Å². The standard InChI is InChI=1S/C23H25FN4O3S/c1-26-16-22(25-17-26)32(30,31)28(14-18-6-3-2-4-7-18)21-11-9-19(10-12-21)23(29)27-13-5-8-20(24)15-27/h2-4,6-7,9-12,16-17,20H,5,8,13-15H2,1H3. The number of hydrogen-bond donors (Lipinski definition) is 0. The van der Waals surface area contributed by atoms with Crippen molar-refractivity contribution in [2.24, 2.45) is 7.05 Å². The number of piperidine rings is 1. The number of carbonyl (C=O) groups is 1. The topological polar surface area (TPSA) is 75.5 Å². The zero-order chi connectivity index (χ0) is 22.7. The summed E-state index contributed by atoms with van der Waals surface area (Å²) in [5.74, 6) is -0.249. The maximum atomic E-state index is 13.7. The van der Waals surface area contributed by atoms with Gasteiger partial charge in [-0.05, 0) is 42.7 Å². The van der Waals surface area contributed by atoms with Gasteiger partial charge in [0.1, 0.15) is 6.17 Å². The number of imidazole rings is 1. The molecule has 7 nitrogen and oxygen atoms in total. The van der Waals surface area contributed by atoms with Crippen LogP contribution in [0.25, 0.3) is 0 Å². The van der Waals surface area contributed by atoms with Crippen LogP contribution in [-0.2, 0) is 23.6 Å². The predicted molar refractivity (Wildman–Crippen MR) is 119 cm³/mol. The lowest BCUT2D eigenvalue weighted by atomic mass is 10.1. The molecule has 3 aromatic rings. The van der Waals surface area contributed by atoms with Gasteiger partial charge in [-0.3, -0.25) is 9.10 Å². The van der Waals surface area contributed by atoms with E-state index in [-0.39, 0.29) is 24.0 Å². The number of amides is 1. The molecule has 1 aliphatic heterocycles. The van der Waals surface area contributed by atoms with Crippen LogP contribution in [-0.4, -0.2) is 48.0 Å². The highest BCUT2D eigenvalue weighted by molar-refractivity contribution is 7.92. The maximum absolute atomic E-state index is 13.7. The Balaban J connectivity index is 1.64. The Hall–Kier alpha value is -3.20. The molecule has 4 rings (SSSR count). The van der Waals surface area contributed by atoms with Gasteiger partial charge in [0.05, 0.1) is 25.1 Å². The van der Waals surface area contributed by atoms with Gasteiger partial charge in [0, 0.05) is 25.4 Å². The molecule has 0 bridgehead atoms. The minimum absolute atomic E-state index is 0.0570. The van der Waals surface area contributed by atoms with Crippen LogP contribution >= 0.6 is 0 Å². The summed E-state index contributed by atoms with van der Waals surface area (Å²) in [6, 6.07) is 15.6. The largest absolute Gasteiger partial charge is 0.339 e. The zero-order valence-electron chi connectivity index (χ0n) is 17.8. The summed E-state index contributed by atoms with van der Waals surface area (Å²) in [7, 11) is -2.23. The molecule has 1 fully saturated rings. The molecule has 1 saturated heterocycles. The third kappa shape index (κ3) is 4.67. The fraction of sp³-hybridized carbons (Fsp3) is 0.304. The van der Waals surface area contributed by atoms with E-state index >= 15 is 0 Å². The molecule has 0 saturated carbocycles. The first-order chi connectivity index (χ1) is 15.3. The second kappa shape index (κ2) is 9.12. The molecule has 2 heterocycles. The third-order valence-corrected chi connectivity index (χ3v) is 7.12. The Bertz CT molecular complexity index is 1180. The Morgan fingerprint density at radius 3 is 2.50 bits per heavy atom. The lowest BCUT2D eigenvalue weighted by molar-refractivity contribution is 0.0636. The van der Waals surface area contributed by atoms with Crippen molar-refractivity contribution in [3.05, 3.63) is 78.2 Å². The smallest absolute Gasteiger partial charge is 0.283 e. The second-order valence-corrected chi connectivity index (χ2v) is 9.72. The number of aromatic nitrogens is 2. The van der Waals surface area contributed by atoms with E-state index in [1.165, 1.54) is 21.7 Å². The number of alkyl halides is 1. The SMILES string of the molecule is Cn1cnc(S(=O)(=O)N(Cc2ccccc2)c2ccc(C(=O)N3CCCC(F)C3)cc2)c1. The van der Waals surface area contributed by atoms with Crippen molar-refractivity contribution >= 4 is 21.6 Å². The lowest BCUT2D eigenvalue weighted by Gasteiger charge is -2.29. The average Bonchev–Trinajstić information content (AvgIpc) is 3.25. The first-order valence-corrected chi connectivity index (χ1v) is 11.9. The highest BCUT2D eigenvalue weighted by atomic mass is 32.2. The van der Waals surface area contributed by atoms with Crippen LogP contribution in [0.1, 0.15) is 28.8 Å². The molecule has 1 unspecified atom stereocenters. The molecule has 1 amide bonds. The van der Waals surface area contributed by atoms with Crippen LogP contribution in [0.3, 0.4) is 0 Å². The van der Waals surface area contributed by atoms with Gasteiger partial charge in [-0.2, -0.15) is 8.42 Å². The van der Waals surface area contributed by atoms with E-state index < -0.39 is 16.2 Å². The molecule has 0 aliphatic carbocycles. The quantitative estimate of drug-likeness (QED) is 0.570. The zero-order valence-corrected chi connectivity index (χ0v) is 18.6. The maximum Gasteiger partial charge on any atom is 0.283 e. The van der Waals surface area contributed by atoms with Crippen LogP contribution in [0, 0.1) is 0 Å². The number of likely N-dealkylation sites (tertiary alicyclic amines) is 1. The summed E-state index contributed by atoms with van der Waals surface area (Å²) in [6.07, 6.45) is 3.00. The average molecular weight is 457 g/mol. The van der Waals surface area contributed by atoms with Crippen molar-refractivity contribution in [2.75, 3.05) is 17.4 Å². The molecule has 9 heteroatoms. The monoisotopic (exact) mass is 456 g/mol. The number of benzene rings is 2. The Morgan fingerprint density at radius 1 is 1.16 bits per heavy atom. The molecule has 1 aromatic heterocycles. The van der Waals surface area contributed by atoms with Gasteiger partial charge in [-0.15, -0.1) is 0 Å². The highest BCUT2D eigenvalue weighted by Gasteiger charge is 2.28. The van der Waals surface area contributed by atoms with Crippen molar-refractivity contribution in [3.8, 4) is 0 Å². The number of sulfonamides is 1. The van der Waals surface area contributed by atoms with Gasteiger partial charge in [-0.25, -0.2) is 9.37 Å². The van der Waals surface area contributed by atoms with E-state index in [0.717, 1.165) is 5.56 Å². The van der Waals surface area contributed by atoms with Crippen molar-refractivity contribution in [3.63, 3.8) is 0 Å². The van der Waals surface area contributed by atoms with E-state index in [9.17, 15) is 17.6 Å². The van der Waals surface area contributed by atoms with Gasteiger partial charge in [0.2, 0.25) is 0 Å². The number of nitrogens with zero attached hydrogens (tertiary/aromatic N) is 4. The summed E-state index contributed by atoms with van der Waals surface area (Å²) >= 11 is 0. The Kier molecular flexibility index (Phi) is 6.27. The molecule has 32 heavy (non-hydrogen) atoms. The molecule has 0 radical (unpaired) electrons. The molecule has 0 N–H and O–H groups in total. The Labute approximate surface area is 187 Å². The third-order valence-electron chi connectivity index (χ3n) is 5.46. The summed E-state index contributed by atoms with van der Waals surface area (Å²) in [4.78, 5) is 18.3. The van der Waals surface area contributed by atoms with Gasteiger partial charge in [-0.1, -0.05) is 30.3 Å². The summed E-state index contributed by atoms with van der Waals surface area (Å²) in [5, 5.41) is -0.0570. The molecule has 168 valence electrons. The Morgan fingerprint density at radius 2 is 1.88 bits per heavy atom. The van der Waals surface area contributed by atoms with Crippen molar-refractivity contribution in [1.82, 2.24) is 14.5 Å². The highest BCUT2D eigenvalue weighted by Crippen LogP contribution is 2.26. The minimum Gasteiger partial charge on any atom is -0.339 e. The predicted octanol–water partition coefficient (Wildman–Crippen LogP) is 3.39. The van der Waals surface area contributed by atoms with Crippen molar-refractivity contribution in [2.45, 2.75) is 30.6 Å². The van der Waals surface area contributed by atoms with Crippen molar-refractivity contribution < 1.29 is 17.6 Å². The fourth-order valence-corrected chi connectivity index (χ4v) is 5.19. The van der Waals surface area contributed by atoms with Gasteiger partial charge in [0.15, 0.2) is 5.03 Å². The van der Waals surface area contributed by atoms with Gasteiger partial charge < -0.3 is 9.47 Å². The van der Waals surface area contributed by atoms with Crippen LogP contribution in [0.4, 0.5) is 10.1 Å². The molecular weight excluding hydrogens is 431 g/mol. The number of rotatable bonds is 6. The number of hydrogen-bond acceptors (Lipinski definition) is 4. The van der Waals surface area contributed by atoms with E-state index in [1.807, 2.05) is 30.3 Å². The minimum atomic E-state index is -3.94. The van der Waals surface area contributed by atoms with Crippen molar-refractivity contribution in [1.29, 1.82) is 0 Å². The molecule has 1 atom stereocenters. The first kappa shape index (κ1) is 22.0. The van der Waals surface area contributed by atoms with E-state index in [1.54, 1.807) is 35.9 Å². The summed E-state index contributed by atoms with van der Waals surface area (Å²) in [5.41, 5.74) is 1.63. The normalized spacial score (nSPS) is 16.7. The van der Waals surface area contributed by atoms with Gasteiger partial charge >= 0.3 is 0 Å². The number of halogens is 1. The summed E-state index contributed by atoms with van der Waals surface area (Å²) < 4.78 is 43.3. The molecule has 1 aliphatic rings. The van der Waals surface area contributed by atoms with E-state index in [4.69, 9.17) is 0 Å². The van der Waals surface area contributed by atoms with E-state index in [2.05, 4.69) is 4.98 Å². The second-order valence-electron chi connectivity index (χ2n) is 7.91. The van der Waals surface area contributed by atoms with Crippen LogP contribution < -0.4 is 4.31 Å². The molecular formula is C23H25FN4O3S. The summed E-state index contributed by atoms with van der Waals surface area (Å²) in [6.45, 7) is 0.729. The number of carbonyl (C=O) groups excluding carboxylic acids is 1. The molecule has 2 aromatic carbocycles.